The molecule has 1 amide bonds. The van der Waals surface area contributed by atoms with E-state index in [0.29, 0.717) is 12.2 Å². The summed E-state index contributed by atoms with van der Waals surface area (Å²) in [4.78, 5) is 23.1. The molecule has 0 aliphatic heterocycles. The molecule has 1 unspecified atom stereocenters. The fourth-order valence-corrected chi connectivity index (χ4v) is 2.50. The number of ether oxygens (including phenoxy) is 1. The Hall–Kier alpha value is -2.09. The fourth-order valence-electron chi connectivity index (χ4n) is 1.87. The molecule has 0 saturated heterocycles. The van der Waals surface area contributed by atoms with Gasteiger partial charge in [-0.15, -0.1) is 0 Å². The molecule has 0 heterocycles. The van der Waals surface area contributed by atoms with Gasteiger partial charge in [-0.3, -0.25) is 4.79 Å². The van der Waals surface area contributed by atoms with Crippen LogP contribution in [-0.4, -0.2) is 43.8 Å². The summed E-state index contributed by atoms with van der Waals surface area (Å²) in [5.41, 5.74) is -1.26. The van der Waals surface area contributed by atoms with Crippen LogP contribution in [0.25, 0.3) is 0 Å². The van der Waals surface area contributed by atoms with E-state index < -0.39 is 21.3 Å². The molecule has 7 nitrogen and oxygen atoms in total. The highest BCUT2D eigenvalue weighted by Gasteiger charge is 2.32. The molecule has 0 radical (unpaired) electrons. The molecule has 0 fully saturated rings. The molecular weight excluding hydrogens is 334 g/mol. The van der Waals surface area contributed by atoms with Gasteiger partial charge in [0, 0.05) is 12.7 Å². The SMILES string of the molecule is CCC(C)(NC(=O)CCCOc1ccc(S(C)(=O)=O)cc1)C(=O)O. The zero-order valence-corrected chi connectivity index (χ0v) is 14.9. The molecule has 8 heteroatoms. The van der Waals surface area contributed by atoms with Gasteiger partial charge < -0.3 is 15.2 Å². The number of carboxylic acid groups (broad SMARTS) is 1. The lowest BCUT2D eigenvalue weighted by Crippen LogP contribution is -2.51. The second-order valence-corrected chi connectivity index (χ2v) is 7.75. The van der Waals surface area contributed by atoms with E-state index in [-0.39, 0.29) is 30.3 Å². The van der Waals surface area contributed by atoms with Crippen LogP contribution >= 0.6 is 0 Å². The largest absolute Gasteiger partial charge is 0.494 e. The maximum Gasteiger partial charge on any atom is 0.329 e. The van der Waals surface area contributed by atoms with E-state index in [1.807, 2.05) is 0 Å². The average molecular weight is 357 g/mol. The Morgan fingerprint density at radius 1 is 1.25 bits per heavy atom. The van der Waals surface area contributed by atoms with E-state index in [2.05, 4.69) is 5.32 Å². The Labute approximate surface area is 141 Å². The van der Waals surface area contributed by atoms with Crippen molar-refractivity contribution in [2.75, 3.05) is 12.9 Å². The van der Waals surface area contributed by atoms with Crippen LogP contribution in [0.1, 0.15) is 33.1 Å². The summed E-state index contributed by atoms with van der Waals surface area (Å²) in [7, 11) is -3.24. The minimum atomic E-state index is -3.24. The van der Waals surface area contributed by atoms with Crippen molar-refractivity contribution in [3.8, 4) is 5.75 Å². The van der Waals surface area contributed by atoms with Crippen molar-refractivity contribution in [1.82, 2.24) is 5.32 Å². The molecule has 0 aliphatic carbocycles. The van der Waals surface area contributed by atoms with Crippen LogP contribution in [0.5, 0.6) is 5.75 Å². The molecule has 1 aromatic rings. The number of carbonyl (C=O) groups excluding carboxylic acids is 1. The second kappa shape index (κ2) is 8.14. The molecular formula is C16H23NO6S. The van der Waals surface area contributed by atoms with Crippen LogP contribution in [-0.2, 0) is 19.4 Å². The van der Waals surface area contributed by atoms with E-state index in [9.17, 15) is 18.0 Å². The Morgan fingerprint density at radius 3 is 2.29 bits per heavy atom. The second-order valence-electron chi connectivity index (χ2n) is 5.73. The number of aliphatic carboxylic acids is 1. The topological polar surface area (TPSA) is 110 Å². The summed E-state index contributed by atoms with van der Waals surface area (Å²) in [6.07, 6.45) is 1.98. The number of nitrogens with one attached hydrogen (secondary N) is 1. The first kappa shape index (κ1) is 20.0. The first-order chi connectivity index (χ1) is 11.1. The Bertz CT molecular complexity index is 683. The van der Waals surface area contributed by atoms with Crippen LogP contribution in [0.15, 0.2) is 29.2 Å². The van der Waals surface area contributed by atoms with Crippen LogP contribution in [0.2, 0.25) is 0 Å². The lowest BCUT2D eigenvalue weighted by atomic mass is 9.99. The van der Waals surface area contributed by atoms with E-state index in [0.717, 1.165) is 6.26 Å². The van der Waals surface area contributed by atoms with Crippen LogP contribution in [0.4, 0.5) is 0 Å². The molecule has 0 aliphatic rings. The lowest BCUT2D eigenvalue weighted by molar-refractivity contribution is -0.147. The third-order valence-electron chi connectivity index (χ3n) is 3.66. The minimum absolute atomic E-state index is 0.143. The van der Waals surface area contributed by atoms with Crippen molar-refractivity contribution in [3.63, 3.8) is 0 Å². The Kier molecular flexibility index (Phi) is 6.77. The predicted octanol–water partition coefficient (Wildman–Crippen LogP) is 1.62. The number of carboxylic acids is 1. The molecule has 0 saturated carbocycles. The summed E-state index contributed by atoms with van der Waals surface area (Å²) in [6, 6.07) is 6.01. The summed E-state index contributed by atoms with van der Waals surface area (Å²) in [6.45, 7) is 3.42. The van der Waals surface area contributed by atoms with E-state index in [1.54, 1.807) is 19.1 Å². The summed E-state index contributed by atoms with van der Waals surface area (Å²) >= 11 is 0. The molecule has 0 bridgehead atoms. The number of hydrogen-bond acceptors (Lipinski definition) is 5. The number of sulfone groups is 1. The Morgan fingerprint density at radius 2 is 1.83 bits per heavy atom. The molecule has 0 aromatic heterocycles. The van der Waals surface area contributed by atoms with Gasteiger partial charge in [0.15, 0.2) is 9.84 Å². The number of carbonyl (C=O) groups is 2. The van der Waals surface area contributed by atoms with Gasteiger partial charge in [0.25, 0.3) is 0 Å². The van der Waals surface area contributed by atoms with E-state index >= 15 is 0 Å². The minimum Gasteiger partial charge on any atom is -0.494 e. The highest BCUT2D eigenvalue weighted by atomic mass is 32.2. The normalized spacial score (nSPS) is 13.8. The van der Waals surface area contributed by atoms with Gasteiger partial charge in [-0.05, 0) is 44.0 Å². The van der Waals surface area contributed by atoms with Crippen molar-refractivity contribution in [1.29, 1.82) is 0 Å². The number of hydrogen-bond donors (Lipinski definition) is 2. The third kappa shape index (κ3) is 5.84. The monoisotopic (exact) mass is 357 g/mol. The van der Waals surface area contributed by atoms with Gasteiger partial charge in [-0.1, -0.05) is 6.92 Å². The third-order valence-corrected chi connectivity index (χ3v) is 4.79. The fraction of sp³-hybridized carbons (Fsp3) is 0.500. The van der Waals surface area contributed by atoms with Crippen LogP contribution in [0.3, 0.4) is 0 Å². The molecule has 1 aromatic carbocycles. The van der Waals surface area contributed by atoms with Crippen molar-refractivity contribution >= 4 is 21.7 Å². The van der Waals surface area contributed by atoms with Crippen molar-refractivity contribution in [2.24, 2.45) is 0 Å². The standard InChI is InChI=1S/C16H23NO6S/c1-4-16(2,15(19)20)17-14(18)6-5-11-23-12-7-9-13(10-8-12)24(3,21)22/h7-10H,4-6,11H2,1-3H3,(H,17,18)(H,19,20). The number of rotatable bonds is 9. The smallest absolute Gasteiger partial charge is 0.329 e. The van der Waals surface area contributed by atoms with Gasteiger partial charge in [0.05, 0.1) is 11.5 Å². The molecule has 1 rings (SSSR count). The van der Waals surface area contributed by atoms with Crippen LogP contribution < -0.4 is 10.1 Å². The first-order valence-electron chi connectivity index (χ1n) is 7.56. The van der Waals surface area contributed by atoms with Gasteiger partial charge in [0.2, 0.25) is 5.91 Å². The quantitative estimate of drug-likeness (QED) is 0.650. The zero-order chi connectivity index (χ0) is 18.4. The maximum atomic E-state index is 11.8. The zero-order valence-electron chi connectivity index (χ0n) is 14.0. The van der Waals surface area contributed by atoms with Crippen molar-refractivity contribution in [2.45, 2.75) is 43.5 Å². The Balaban J connectivity index is 2.41. The molecule has 134 valence electrons. The van der Waals surface area contributed by atoms with Crippen molar-refractivity contribution in [3.05, 3.63) is 24.3 Å². The predicted molar refractivity (Wildman–Crippen MR) is 88.8 cm³/mol. The average Bonchev–Trinajstić information content (AvgIpc) is 2.50. The van der Waals surface area contributed by atoms with Gasteiger partial charge in [-0.25, -0.2) is 13.2 Å². The molecule has 24 heavy (non-hydrogen) atoms. The van der Waals surface area contributed by atoms with Crippen molar-refractivity contribution < 1.29 is 27.9 Å². The lowest BCUT2D eigenvalue weighted by Gasteiger charge is -2.24. The van der Waals surface area contributed by atoms with Gasteiger partial charge in [-0.2, -0.15) is 0 Å². The first-order valence-corrected chi connectivity index (χ1v) is 9.45. The van der Waals surface area contributed by atoms with Gasteiger partial charge >= 0.3 is 5.97 Å². The number of benzene rings is 1. The van der Waals surface area contributed by atoms with Crippen LogP contribution in [0, 0.1) is 0 Å². The maximum absolute atomic E-state index is 11.8. The van der Waals surface area contributed by atoms with E-state index in [1.165, 1.54) is 19.1 Å². The highest BCUT2D eigenvalue weighted by Crippen LogP contribution is 2.16. The number of amides is 1. The summed E-state index contributed by atoms with van der Waals surface area (Å²) in [5, 5.41) is 11.6. The van der Waals surface area contributed by atoms with E-state index in [4.69, 9.17) is 9.84 Å². The highest BCUT2D eigenvalue weighted by molar-refractivity contribution is 7.90. The summed E-state index contributed by atoms with van der Waals surface area (Å²) < 4.78 is 28.1. The molecule has 2 N–H and O–H groups in total. The van der Waals surface area contributed by atoms with Gasteiger partial charge in [0.1, 0.15) is 11.3 Å². The molecule has 0 spiro atoms. The molecule has 1 atom stereocenters. The summed E-state index contributed by atoms with van der Waals surface area (Å²) in [5.74, 6) is -0.912.